The third-order valence-corrected chi connectivity index (χ3v) is 4.64. The van der Waals surface area contributed by atoms with E-state index < -0.39 is 11.9 Å². The molecule has 0 aliphatic carbocycles. The fraction of sp³-hybridized carbons (Fsp3) is 0.350. The van der Waals surface area contributed by atoms with Crippen LogP contribution in [0.2, 0.25) is 0 Å². The summed E-state index contributed by atoms with van der Waals surface area (Å²) in [7, 11) is 1.59. The van der Waals surface area contributed by atoms with Gasteiger partial charge in [0.1, 0.15) is 5.75 Å². The highest BCUT2D eigenvalue weighted by atomic mass is 16.5. The first-order valence-electron chi connectivity index (χ1n) is 8.38. The Morgan fingerprint density at radius 3 is 2.50 bits per heavy atom. The lowest BCUT2D eigenvalue weighted by Gasteiger charge is -2.18. The second-order valence-corrected chi connectivity index (χ2v) is 6.23. The Labute approximate surface area is 142 Å². The second-order valence-electron chi connectivity index (χ2n) is 6.23. The molecule has 1 heterocycles. The standard InChI is InChI=1S/C20H23NO3/c1-24-18-6-4-5-16(14-18)19(20(22)23)13-15-7-9-17(10-8-15)21-11-2-3-12-21/h4-10,14,19H,2-3,11-13H2,1H3,(H,22,23). The van der Waals surface area contributed by atoms with Gasteiger partial charge in [0.05, 0.1) is 13.0 Å². The molecule has 2 aromatic rings. The monoisotopic (exact) mass is 325 g/mol. The van der Waals surface area contributed by atoms with E-state index in [1.165, 1.54) is 18.5 Å². The normalized spacial score (nSPS) is 15.3. The van der Waals surface area contributed by atoms with Gasteiger partial charge in [-0.05, 0) is 54.7 Å². The highest BCUT2D eigenvalue weighted by Crippen LogP contribution is 2.26. The van der Waals surface area contributed by atoms with Gasteiger partial charge in [-0.3, -0.25) is 4.79 Å². The predicted molar refractivity (Wildman–Crippen MR) is 95.0 cm³/mol. The summed E-state index contributed by atoms with van der Waals surface area (Å²) in [5.74, 6) is -0.701. The van der Waals surface area contributed by atoms with Crippen molar-refractivity contribution < 1.29 is 14.6 Å². The largest absolute Gasteiger partial charge is 0.497 e. The molecule has 0 bridgehead atoms. The zero-order valence-corrected chi connectivity index (χ0v) is 13.9. The van der Waals surface area contributed by atoms with E-state index >= 15 is 0 Å². The number of carboxylic acid groups (broad SMARTS) is 1. The minimum Gasteiger partial charge on any atom is -0.497 e. The van der Waals surface area contributed by atoms with Crippen LogP contribution in [-0.4, -0.2) is 31.3 Å². The smallest absolute Gasteiger partial charge is 0.311 e. The number of anilines is 1. The van der Waals surface area contributed by atoms with Crippen molar-refractivity contribution in [1.29, 1.82) is 0 Å². The van der Waals surface area contributed by atoms with Gasteiger partial charge in [0, 0.05) is 18.8 Å². The van der Waals surface area contributed by atoms with Crippen LogP contribution >= 0.6 is 0 Å². The number of methoxy groups -OCH3 is 1. The van der Waals surface area contributed by atoms with Crippen LogP contribution < -0.4 is 9.64 Å². The van der Waals surface area contributed by atoms with Gasteiger partial charge in [-0.2, -0.15) is 0 Å². The van der Waals surface area contributed by atoms with Gasteiger partial charge in [-0.1, -0.05) is 24.3 Å². The van der Waals surface area contributed by atoms with E-state index in [9.17, 15) is 9.90 Å². The van der Waals surface area contributed by atoms with Gasteiger partial charge in [0.15, 0.2) is 0 Å². The molecule has 24 heavy (non-hydrogen) atoms. The van der Waals surface area contributed by atoms with Crippen molar-refractivity contribution in [2.75, 3.05) is 25.1 Å². The third-order valence-electron chi connectivity index (χ3n) is 4.64. The molecule has 4 heteroatoms. The first-order chi connectivity index (χ1) is 11.7. The predicted octanol–water partition coefficient (Wildman–Crippen LogP) is 3.71. The molecule has 0 saturated carbocycles. The molecular weight excluding hydrogens is 302 g/mol. The summed E-state index contributed by atoms with van der Waals surface area (Å²) in [6, 6.07) is 15.6. The average Bonchev–Trinajstić information content (AvgIpc) is 3.14. The Hall–Kier alpha value is -2.49. The second kappa shape index (κ2) is 7.39. The topological polar surface area (TPSA) is 49.8 Å². The van der Waals surface area contributed by atoms with Gasteiger partial charge in [-0.15, -0.1) is 0 Å². The molecule has 0 amide bonds. The first-order valence-corrected chi connectivity index (χ1v) is 8.38. The molecule has 0 spiro atoms. The summed E-state index contributed by atoms with van der Waals surface area (Å²) in [6.07, 6.45) is 2.97. The number of carboxylic acids is 1. The van der Waals surface area contributed by atoms with E-state index in [2.05, 4.69) is 17.0 Å². The zero-order chi connectivity index (χ0) is 16.9. The summed E-state index contributed by atoms with van der Waals surface area (Å²) < 4.78 is 5.21. The molecule has 3 rings (SSSR count). The van der Waals surface area contributed by atoms with E-state index in [4.69, 9.17) is 4.74 Å². The van der Waals surface area contributed by atoms with Crippen molar-refractivity contribution in [2.45, 2.75) is 25.2 Å². The molecule has 2 aromatic carbocycles. The minimum absolute atomic E-state index is 0.475. The fourth-order valence-electron chi connectivity index (χ4n) is 3.26. The van der Waals surface area contributed by atoms with Crippen molar-refractivity contribution in [2.24, 2.45) is 0 Å². The van der Waals surface area contributed by atoms with Crippen molar-refractivity contribution in [3.63, 3.8) is 0 Å². The SMILES string of the molecule is COc1cccc(C(Cc2ccc(N3CCCC3)cc2)C(=O)O)c1. The molecule has 1 aliphatic heterocycles. The minimum atomic E-state index is -0.813. The summed E-state index contributed by atoms with van der Waals surface area (Å²) >= 11 is 0. The Bertz CT molecular complexity index is 690. The quantitative estimate of drug-likeness (QED) is 0.880. The van der Waals surface area contributed by atoms with E-state index in [1.807, 2.05) is 30.3 Å². The number of hydrogen-bond donors (Lipinski definition) is 1. The molecule has 1 saturated heterocycles. The van der Waals surface area contributed by atoms with Gasteiger partial charge in [0.25, 0.3) is 0 Å². The zero-order valence-electron chi connectivity index (χ0n) is 13.9. The Balaban J connectivity index is 1.76. The number of aliphatic carboxylic acids is 1. The fourth-order valence-corrected chi connectivity index (χ4v) is 3.26. The summed E-state index contributed by atoms with van der Waals surface area (Å²) in [4.78, 5) is 14.1. The maximum atomic E-state index is 11.7. The van der Waals surface area contributed by atoms with Crippen LogP contribution in [0, 0.1) is 0 Å². The lowest BCUT2D eigenvalue weighted by atomic mass is 9.92. The van der Waals surface area contributed by atoms with Crippen molar-refractivity contribution in [1.82, 2.24) is 0 Å². The summed E-state index contributed by atoms with van der Waals surface area (Å²) in [6.45, 7) is 2.22. The number of benzene rings is 2. The van der Waals surface area contributed by atoms with Gasteiger partial charge >= 0.3 is 5.97 Å². The highest BCUT2D eigenvalue weighted by molar-refractivity contribution is 5.76. The van der Waals surface area contributed by atoms with Crippen LogP contribution in [-0.2, 0) is 11.2 Å². The van der Waals surface area contributed by atoms with Gasteiger partial charge < -0.3 is 14.7 Å². The van der Waals surface area contributed by atoms with Crippen LogP contribution in [0.25, 0.3) is 0 Å². The van der Waals surface area contributed by atoms with Crippen LogP contribution in [0.15, 0.2) is 48.5 Å². The van der Waals surface area contributed by atoms with Crippen LogP contribution in [0.3, 0.4) is 0 Å². The molecular formula is C20H23NO3. The number of nitrogens with zero attached hydrogens (tertiary/aromatic N) is 1. The molecule has 1 atom stereocenters. The number of hydrogen-bond acceptors (Lipinski definition) is 3. The van der Waals surface area contributed by atoms with E-state index in [1.54, 1.807) is 13.2 Å². The Morgan fingerprint density at radius 1 is 1.17 bits per heavy atom. The maximum absolute atomic E-state index is 11.7. The summed E-state index contributed by atoms with van der Waals surface area (Å²) in [5, 5.41) is 9.63. The van der Waals surface area contributed by atoms with Crippen LogP contribution in [0.5, 0.6) is 5.75 Å². The molecule has 0 radical (unpaired) electrons. The maximum Gasteiger partial charge on any atom is 0.311 e. The molecule has 0 aromatic heterocycles. The molecule has 126 valence electrons. The molecule has 1 fully saturated rings. The average molecular weight is 325 g/mol. The molecule has 4 nitrogen and oxygen atoms in total. The number of ether oxygens (including phenoxy) is 1. The van der Waals surface area contributed by atoms with Crippen LogP contribution in [0.1, 0.15) is 29.9 Å². The Morgan fingerprint density at radius 2 is 1.88 bits per heavy atom. The van der Waals surface area contributed by atoms with Crippen molar-refractivity contribution in [3.8, 4) is 5.75 Å². The molecule has 1 N–H and O–H groups in total. The number of rotatable bonds is 6. The van der Waals surface area contributed by atoms with E-state index in [0.717, 1.165) is 24.2 Å². The lowest BCUT2D eigenvalue weighted by molar-refractivity contribution is -0.138. The Kier molecular flexibility index (Phi) is 5.04. The first kappa shape index (κ1) is 16.4. The van der Waals surface area contributed by atoms with E-state index in [0.29, 0.717) is 12.2 Å². The number of carbonyl (C=O) groups is 1. The van der Waals surface area contributed by atoms with Crippen molar-refractivity contribution in [3.05, 3.63) is 59.7 Å². The molecule has 1 unspecified atom stereocenters. The summed E-state index contributed by atoms with van der Waals surface area (Å²) in [5.41, 5.74) is 3.03. The van der Waals surface area contributed by atoms with Gasteiger partial charge in [-0.25, -0.2) is 0 Å². The molecule has 1 aliphatic rings. The van der Waals surface area contributed by atoms with E-state index in [-0.39, 0.29) is 0 Å². The highest BCUT2D eigenvalue weighted by Gasteiger charge is 2.21. The lowest BCUT2D eigenvalue weighted by Crippen LogP contribution is -2.17. The van der Waals surface area contributed by atoms with Crippen LogP contribution in [0.4, 0.5) is 5.69 Å². The van der Waals surface area contributed by atoms with Crippen molar-refractivity contribution >= 4 is 11.7 Å². The van der Waals surface area contributed by atoms with Gasteiger partial charge in [0.2, 0.25) is 0 Å². The third kappa shape index (κ3) is 3.70.